The second-order valence-electron chi connectivity index (χ2n) is 7.17. The van der Waals surface area contributed by atoms with Crippen molar-refractivity contribution in [3.63, 3.8) is 0 Å². The Bertz CT molecular complexity index is 653. The van der Waals surface area contributed by atoms with E-state index in [9.17, 15) is 19.5 Å². The number of esters is 2. The summed E-state index contributed by atoms with van der Waals surface area (Å²) in [6.45, 7) is 4.81. The van der Waals surface area contributed by atoms with Crippen LogP contribution in [0, 0.1) is 0 Å². The third-order valence-electron chi connectivity index (χ3n) is 4.67. The Hall–Kier alpha value is -2.37. The average molecular weight is 407 g/mol. The number of hydrogen-bond acceptors (Lipinski definition) is 5. The van der Waals surface area contributed by atoms with Gasteiger partial charge < -0.3 is 14.6 Å². The molecule has 0 aromatic heterocycles. The number of ether oxygens (including phenoxy) is 2. The zero-order valence-corrected chi connectivity index (χ0v) is 17.7. The van der Waals surface area contributed by atoms with Crippen LogP contribution in [0.1, 0.15) is 109 Å². The van der Waals surface area contributed by atoms with Crippen molar-refractivity contribution in [1.29, 1.82) is 0 Å². The second kappa shape index (κ2) is 14.6. The first-order valence-corrected chi connectivity index (χ1v) is 10.7. The van der Waals surface area contributed by atoms with Crippen LogP contribution in [0.25, 0.3) is 0 Å². The lowest BCUT2D eigenvalue weighted by molar-refractivity contribution is 0.0477. The van der Waals surface area contributed by atoms with Crippen molar-refractivity contribution < 1.29 is 29.0 Å². The first kappa shape index (κ1) is 24.7. The fraction of sp³-hybridized carbons (Fsp3) is 0.609. The van der Waals surface area contributed by atoms with Crippen LogP contribution < -0.4 is 0 Å². The molecule has 0 heterocycles. The number of carboxylic acids is 1. The monoisotopic (exact) mass is 406 g/mol. The SMILES string of the molecule is CCCCCCCOC(=O)c1ccc(C(=O)OCCCCCCC)c(C(=O)O)c1. The van der Waals surface area contributed by atoms with Crippen molar-refractivity contribution in [3.05, 3.63) is 34.9 Å². The summed E-state index contributed by atoms with van der Waals surface area (Å²) >= 11 is 0. The maximum Gasteiger partial charge on any atom is 0.339 e. The molecule has 1 N–H and O–H groups in total. The highest BCUT2D eigenvalue weighted by Crippen LogP contribution is 2.16. The molecule has 162 valence electrons. The van der Waals surface area contributed by atoms with Gasteiger partial charge in [-0.25, -0.2) is 14.4 Å². The van der Waals surface area contributed by atoms with Gasteiger partial charge in [-0.3, -0.25) is 0 Å². The summed E-state index contributed by atoms with van der Waals surface area (Å²) in [6.07, 6.45) is 10.3. The molecule has 1 rings (SSSR count). The predicted molar refractivity (Wildman–Crippen MR) is 111 cm³/mol. The van der Waals surface area contributed by atoms with Crippen LogP contribution in [0.2, 0.25) is 0 Å². The normalized spacial score (nSPS) is 10.6. The standard InChI is InChI=1S/C23H34O6/c1-3-5-7-9-11-15-28-22(26)18-13-14-19(20(17-18)21(24)25)23(27)29-16-12-10-8-6-4-2/h13-14,17H,3-12,15-16H2,1-2H3,(H,24,25). The summed E-state index contributed by atoms with van der Waals surface area (Å²) in [4.78, 5) is 35.9. The van der Waals surface area contributed by atoms with Crippen LogP contribution in [-0.4, -0.2) is 36.2 Å². The number of carboxylic acid groups (broad SMARTS) is 1. The topological polar surface area (TPSA) is 89.9 Å². The molecule has 0 aliphatic rings. The molecular weight excluding hydrogens is 372 g/mol. The number of hydrogen-bond donors (Lipinski definition) is 1. The molecule has 29 heavy (non-hydrogen) atoms. The zero-order valence-electron chi connectivity index (χ0n) is 17.7. The van der Waals surface area contributed by atoms with Crippen LogP contribution in [0.4, 0.5) is 0 Å². The summed E-state index contributed by atoms with van der Waals surface area (Å²) in [5.41, 5.74) is -0.187. The molecule has 0 fully saturated rings. The minimum Gasteiger partial charge on any atom is -0.478 e. The fourth-order valence-corrected chi connectivity index (χ4v) is 2.93. The first-order valence-electron chi connectivity index (χ1n) is 10.7. The van der Waals surface area contributed by atoms with Gasteiger partial charge in [0.25, 0.3) is 0 Å². The van der Waals surface area contributed by atoms with Gasteiger partial charge in [0.2, 0.25) is 0 Å². The smallest absolute Gasteiger partial charge is 0.339 e. The van der Waals surface area contributed by atoms with E-state index in [0.29, 0.717) is 6.61 Å². The van der Waals surface area contributed by atoms with Crippen molar-refractivity contribution in [2.45, 2.75) is 78.1 Å². The van der Waals surface area contributed by atoms with E-state index in [1.165, 1.54) is 18.2 Å². The maximum absolute atomic E-state index is 12.2. The summed E-state index contributed by atoms with van der Waals surface area (Å²) in [5, 5.41) is 9.43. The summed E-state index contributed by atoms with van der Waals surface area (Å²) in [5.74, 6) is -2.55. The van der Waals surface area contributed by atoms with E-state index in [0.717, 1.165) is 64.2 Å². The number of rotatable bonds is 15. The molecule has 6 nitrogen and oxygen atoms in total. The second-order valence-corrected chi connectivity index (χ2v) is 7.17. The number of aromatic carboxylic acids is 1. The maximum atomic E-state index is 12.2. The molecule has 0 bridgehead atoms. The molecule has 0 amide bonds. The third kappa shape index (κ3) is 9.59. The minimum atomic E-state index is -1.28. The molecule has 0 spiro atoms. The molecule has 0 saturated carbocycles. The van der Waals surface area contributed by atoms with Gasteiger partial charge in [-0.2, -0.15) is 0 Å². The lowest BCUT2D eigenvalue weighted by Gasteiger charge is -2.10. The van der Waals surface area contributed by atoms with E-state index in [4.69, 9.17) is 9.47 Å². The molecule has 1 aromatic rings. The molecular formula is C23H34O6. The molecule has 1 aromatic carbocycles. The zero-order chi connectivity index (χ0) is 21.5. The van der Waals surface area contributed by atoms with Crippen LogP contribution in [0.5, 0.6) is 0 Å². The molecule has 0 saturated heterocycles. The van der Waals surface area contributed by atoms with Crippen molar-refractivity contribution in [2.24, 2.45) is 0 Å². The average Bonchev–Trinajstić information content (AvgIpc) is 2.72. The fourth-order valence-electron chi connectivity index (χ4n) is 2.93. The molecule has 0 radical (unpaired) electrons. The highest BCUT2D eigenvalue weighted by atomic mass is 16.5. The van der Waals surface area contributed by atoms with Gasteiger partial charge in [-0.05, 0) is 31.0 Å². The Morgan fingerprint density at radius 3 is 1.76 bits per heavy atom. The van der Waals surface area contributed by atoms with Crippen LogP contribution in [0.15, 0.2) is 18.2 Å². The molecule has 0 aliphatic heterocycles. The molecule has 6 heteroatoms. The van der Waals surface area contributed by atoms with Crippen molar-refractivity contribution in [2.75, 3.05) is 13.2 Å². The highest BCUT2D eigenvalue weighted by Gasteiger charge is 2.20. The lowest BCUT2D eigenvalue weighted by atomic mass is 10.0. The Balaban J connectivity index is 2.60. The Morgan fingerprint density at radius 2 is 1.24 bits per heavy atom. The van der Waals surface area contributed by atoms with Gasteiger partial charge >= 0.3 is 17.9 Å². The minimum absolute atomic E-state index is 0.0535. The van der Waals surface area contributed by atoms with E-state index in [1.807, 2.05) is 0 Å². The molecule has 0 atom stereocenters. The van der Waals surface area contributed by atoms with Crippen molar-refractivity contribution >= 4 is 17.9 Å². The highest BCUT2D eigenvalue weighted by molar-refractivity contribution is 6.04. The number of carbonyl (C=O) groups excluding carboxylic acids is 2. The van der Waals surface area contributed by atoms with E-state index >= 15 is 0 Å². The number of unbranched alkanes of at least 4 members (excludes halogenated alkanes) is 8. The van der Waals surface area contributed by atoms with Gasteiger partial charge in [-0.1, -0.05) is 65.2 Å². The van der Waals surface area contributed by atoms with Crippen molar-refractivity contribution in [1.82, 2.24) is 0 Å². The van der Waals surface area contributed by atoms with Gasteiger partial charge in [0.1, 0.15) is 0 Å². The lowest BCUT2D eigenvalue weighted by Crippen LogP contribution is -2.15. The van der Waals surface area contributed by atoms with E-state index in [2.05, 4.69) is 13.8 Å². The van der Waals surface area contributed by atoms with Crippen LogP contribution in [0.3, 0.4) is 0 Å². The number of carbonyl (C=O) groups is 3. The summed E-state index contributed by atoms with van der Waals surface area (Å²) in [7, 11) is 0. The summed E-state index contributed by atoms with van der Waals surface area (Å²) < 4.78 is 10.4. The van der Waals surface area contributed by atoms with E-state index in [1.54, 1.807) is 0 Å². The molecule has 0 unspecified atom stereocenters. The predicted octanol–water partition coefficient (Wildman–Crippen LogP) is 5.64. The van der Waals surface area contributed by atoms with Gasteiger partial charge in [0.15, 0.2) is 0 Å². The number of benzene rings is 1. The molecule has 0 aliphatic carbocycles. The largest absolute Gasteiger partial charge is 0.478 e. The van der Waals surface area contributed by atoms with Gasteiger partial charge in [-0.15, -0.1) is 0 Å². The Labute approximate surface area is 173 Å². The van der Waals surface area contributed by atoms with Crippen molar-refractivity contribution in [3.8, 4) is 0 Å². The first-order chi connectivity index (χ1) is 14.0. The van der Waals surface area contributed by atoms with Crippen LogP contribution in [-0.2, 0) is 9.47 Å². The Morgan fingerprint density at radius 1 is 0.724 bits per heavy atom. The quantitative estimate of drug-likeness (QED) is 0.299. The van der Waals surface area contributed by atoms with Crippen LogP contribution >= 0.6 is 0 Å². The van der Waals surface area contributed by atoms with Gasteiger partial charge in [0, 0.05) is 0 Å². The van der Waals surface area contributed by atoms with Gasteiger partial charge in [0.05, 0.1) is 29.9 Å². The van der Waals surface area contributed by atoms with E-state index < -0.39 is 17.9 Å². The third-order valence-corrected chi connectivity index (χ3v) is 4.67. The summed E-state index contributed by atoms with van der Waals surface area (Å²) in [6, 6.07) is 3.91. The Kier molecular flexibility index (Phi) is 12.4. The van der Waals surface area contributed by atoms with E-state index in [-0.39, 0.29) is 23.3 Å².